The van der Waals surface area contributed by atoms with Gasteiger partial charge >= 0.3 is 0 Å². The second-order valence-corrected chi connectivity index (χ2v) is 8.38. The zero-order valence-electron chi connectivity index (χ0n) is 10.8. The van der Waals surface area contributed by atoms with E-state index >= 15 is 0 Å². The summed E-state index contributed by atoms with van der Waals surface area (Å²) >= 11 is 0. The van der Waals surface area contributed by atoms with Crippen LogP contribution in [0.5, 0.6) is 0 Å². The van der Waals surface area contributed by atoms with Crippen molar-refractivity contribution in [2.75, 3.05) is 0 Å². The first-order chi connectivity index (χ1) is 6.08. The Morgan fingerprint density at radius 3 is 1.07 bits per heavy atom. The summed E-state index contributed by atoms with van der Waals surface area (Å²) in [5.41, 5.74) is 2.99. The fourth-order valence-electron chi connectivity index (χ4n) is 2.16. The van der Waals surface area contributed by atoms with Crippen LogP contribution in [-0.2, 0) is 0 Å². The summed E-state index contributed by atoms with van der Waals surface area (Å²) < 4.78 is 0. The van der Waals surface area contributed by atoms with E-state index in [0.717, 1.165) is 16.6 Å². The summed E-state index contributed by atoms with van der Waals surface area (Å²) in [5.74, 6) is 0. The Hall–Kier alpha value is 0.507. The second kappa shape index (κ2) is 8.79. The molecule has 0 bridgehead atoms. The zero-order chi connectivity index (χ0) is 10.4. The Balaban J connectivity index is 0. The lowest BCUT2D eigenvalue weighted by Crippen LogP contribution is -2.28. The maximum absolute atomic E-state index is 2.46. The molecule has 0 amide bonds. The third-order valence-electron chi connectivity index (χ3n) is 3.54. The van der Waals surface area contributed by atoms with E-state index in [1.54, 1.807) is 0 Å². The van der Waals surface area contributed by atoms with Gasteiger partial charge in [0.05, 0.1) is 8.80 Å². The molecule has 0 aliphatic heterocycles. The van der Waals surface area contributed by atoms with Crippen molar-refractivity contribution in [3.63, 3.8) is 0 Å². The van der Waals surface area contributed by atoms with Crippen molar-refractivity contribution >= 4 is 21.2 Å². The molecule has 0 saturated carbocycles. The first kappa shape index (κ1) is 16.9. The van der Waals surface area contributed by atoms with Gasteiger partial charge in [-0.2, -0.15) is 0 Å². The minimum Gasteiger partial charge on any atom is -0.147 e. The Morgan fingerprint density at radius 1 is 0.714 bits per heavy atom. The number of halogens is 1. The number of hydrogen-bond donors (Lipinski definition) is 0. The zero-order valence-corrected chi connectivity index (χ0v) is 12.6. The van der Waals surface area contributed by atoms with Gasteiger partial charge in [-0.25, -0.2) is 0 Å². The standard InChI is InChI=1S/C12H27Si.ClH/c1-7-10(4)13(11(5)8-2)12(6)9-3;/h10-12H,7-9H2,1-6H3;1H. The van der Waals surface area contributed by atoms with Gasteiger partial charge in [0, 0.05) is 0 Å². The molecule has 0 saturated heterocycles. The maximum Gasteiger partial charge on any atom is 0.0569 e. The van der Waals surface area contributed by atoms with Gasteiger partial charge in [-0.1, -0.05) is 60.8 Å². The average molecular weight is 236 g/mol. The molecule has 14 heavy (non-hydrogen) atoms. The quantitative estimate of drug-likeness (QED) is 0.548. The van der Waals surface area contributed by atoms with Gasteiger partial charge in [0.1, 0.15) is 0 Å². The smallest absolute Gasteiger partial charge is 0.0569 e. The van der Waals surface area contributed by atoms with Crippen molar-refractivity contribution in [3.8, 4) is 0 Å². The van der Waals surface area contributed by atoms with Crippen LogP contribution in [0.25, 0.3) is 0 Å². The third-order valence-corrected chi connectivity index (χ3v) is 8.18. The molecule has 1 radical (unpaired) electrons. The van der Waals surface area contributed by atoms with Crippen LogP contribution in [-0.4, -0.2) is 8.80 Å². The van der Waals surface area contributed by atoms with Gasteiger partial charge in [-0.15, -0.1) is 12.4 Å². The fourth-order valence-corrected chi connectivity index (χ4v) is 6.49. The molecule has 0 fully saturated rings. The minimum atomic E-state index is -0.130. The fraction of sp³-hybridized carbons (Fsp3) is 1.00. The lowest BCUT2D eigenvalue weighted by atomic mass is 10.3. The van der Waals surface area contributed by atoms with Gasteiger partial charge in [0.2, 0.25) is 0 Å². The molecule has 87 valence electrons. The predicted octanol–water partition coefficient (Wildman–Crippen LogP) is 5.30. The maximum atomic E-state index is 2.46. The van der Waals surface area contributed by atoms with E-state index in [1.807, 2.05) is 0 Å². The van der Waals surface area contributed by atoms with Crippen LogP contribution in [0, 0.1) is 0 Å². The van der Waals surface area contributed by atoms with Crippen LogP contribution in [0.15, 0.2) is 0 Å². The van der Waals surface area contributed by atoms with E-state index in [2.05, 4.69) is 41.5 Å². The van der Waals surface area contributed by atoms with Gasteiger partial charge in [-0.05, 0) is 16.6 Å². The lowest BCUT2D eigenvalue weighted by molar-refractivity contribution is 0.720. The van der Waals surface area contributed by atoms with E-state index in [4.69, 9.17) is 0 Å². The highest BCUT2D eigenvalue weighted by Gasteiger charge is 2.27. The molecule has 0 rings (SSSR count). The highest BCUT2D eigenvalue weighted by Crippen LogP contribution is 2.35. The van der Waals surface area contributed by atoms with Gasteiger partial charge < -0.3 is 0 Å². The van der Waals surface area contributed by atoms with E-state index < -0.39 is 0 Å². The van der Waals surface area contributed by atoms with E-state index in [9.17, 15) is 0 Å². The van der Waals surface area contributed by atoms with E-state index in [1.165, 1.54) is 19.3 Å². The normalized spacial score (nSPS) is 17.4. The van der Waals surface area contributed by atoms with Crippen LogP contribution in [0.2, 0.25) is 16.6 Å². The van der Waals surface area contributed by atoms with Crippen LogP contribution >= 0.6 is 12.4 Å². The third kappa shape index (κ3) is 4.84. The van der Waals surface area contributed by atoms with Crippen molar-refractivity contribution in [1.29, 1.82) is 0 Å². The molecule has 0 nitrogen and oxygen atoms in total. The van der Waals surface area contributed by atoms with E-state index in [-0.39, 0.29) is 21.2 Å². The summed E-state index contributed by atoms with van der Waals surface area (Å²) in [6.45, 7) is 14.4. The summed E-state index contributed by atoms with van der Waals surface area (Å²) in [6, 6.07) is 0. The van der Waals surface area contributed by atoms with Crippen LogP contribution in [0.4, 0.5) is 0 Å². The summed E-state index contributed by atoms with van der Waals surface area (Å²) in [5, 5.41) is 0. The SMILES string of the molecule is CCC(C)[Si](C(C)CC)C(C)CC.Cl. The Bertz CT molecular complexity index is 104. The van der Waals surface area contributed by atoms with Gasteiger partial charge in [0.15, 0.2) is 0 Å². The topological polar surface area (TPSA) is 0 Å². The second-order valence-electron chi connectivity index (χ2n) is 4.43. The molecule has 0 aliphatic carbocycles. The molecule has 2 heteroatoms. The van der Waals surface area contributed by atoms with Crippen molar-refractivity contribution in [2.45, 2.75) is 77.4 Å². The van der Waals surface area contributed by atoms with Crippen molar-refractivity contribution in [1.82, 2.24) is 0 Å². The monoisotopic (exact) mass is 235 g/mol. The molecule has 0 aromatic rings. The first-order valence-electron chi connectivity index (χ1n) is 5.94. The minimum absolute atomic E-state index is 0. The Labute approximate surface area is 98.9 Å². The Kier molecular flexibility index (Phi) is 10.6. The average Bonchev–Trinajstić information content (AvgIpc) is 2.16. The first-order valence-corrected chi connectivity index (χ1v) is 7.68. The predicted molar refractivity (Wildman–Crippen MR) is 72.1 cm³/mol. The van der Waals surface area contributed by atoms with Crippen molar-refractivity contribution in [3.05, 3.63) is 0 Å². The number of rotatable bonds is 6. The van der Waals surface area contributed by atoms with Crippen molar-refractivity contribution in [2.24, 2.45) is 0 Å². The Morgan fingerprint density at radius 2 is 0.929 bits per heavy atom. The highest BCUT2D eigenvalue weighted by molar-refractivity contribution is 6.63. The molecule has 3 atom stereocenters. The molecular formula is C12H28ClSi. The highest BCUT2D eigenvalue weighted by atomic mass is 35.5. The largest absolute Gasteiger partial charge is 0.147 e. The molecule has 0 aliphatic rings. The van der Waals surface area contributed by atoms with Crippen LogP contribution in [0.3, 0.4) is 0 Å². The summed E-state index contributed by atoms with van der Waals surface area (Å²) in [4.78, 5) is 0. The molecule has 3 unspecified atom stereocenters. The lowest BCUT2D eigenvalue weighted by Gasteiger charge is -2.31. The molecule has 0 N–H and O–H groups in total. The summed E-state index contributed by atoms with van der Waals surface area (Å²) in [6.07, 6.45) is 4.13. The molecular weight excluding hydrogens is 208 g/mol. The van der Waals surface area contributed by atoms with Crippen molar-refractivity contribution < 1.29 is 0 Å². The van der Waals surface area contributed by atoms with Crippen LogP contribution < -0.4 is 0 Å². The molecule has 0 heterocycles. The summed E-state index contributed by atoms with van der Waals surface area (Å²) in [7, 11) is -0.130. The van der Waals surface area contributed by atoms with Gasteiger partial charge in [0.25, 0.3) is 0 Å². The van der Waals surface area contributed by atoms with Gasteiger partial charge in [-0.3, -0.25) is 0 Å². The molecule has 0 spiro atoms. The number of hydrogen-bond acceptors (Lipinski definition) is 0. The molecule has 0 aromatic carbocycles. The molecule has 0 aromatic heterocycles. The van der Waals surface area contributed by atoms with Crippen LogP contribution in [0.1, 0.15) is 60.8 Å². The van der Waals surface area contributed by atoms with E-state index in [0.29, 0.717) is 0 Å².